The monoisotopic (exact) mass is 294 g/mol. The van der Waals surface area contributed by atoms with Crippen LogP contribution in [0.2, 0.25) is 0 Å². The second kappa shape index (κ2) is 6.10. The lowest BCUT2D eigenvalue weighted by Gasteiger charge is -2.33. The lowest BCUT2D eigenvalue weighted by molar-refractivity contribution is 0.418. The highest BCUT2D eigenvalue weighted by Crippen LogP contribution is 2.33. The molecule has 2 nitrogen and oxygen atoms in total. The molecule has 1 saturated carbocycles. The van der Waals surface area contributed by atoms with E-state index in [4.69, 9.17) is 16.6 Å². The number of fused-ring (bicyclic) bond motifs is 1. The van der Waals surface area contributed by atoms with Gasteiger partial charge in [-0.3, -0.25) is 0 Å². The van der Waals surface area contributed by atoms with E-state index in [1.165, 1.54) is 36.8 Å². The van der Waals surface area contributed by atoms with Gasteiger partial charge in [0.25, 0.3) is 0 Å². The number of halogens is 1. The van der Waals surface area contributed by atoms with E-state index in [9.17, 15) is 0 Å². The predicted molar refractivity (Wildman–Crippen MR) is 84.6 cm³/mol. The van der Waals surface area contributed by atoms with E-state index < -0.39 is 0 Å². The zero-order chi connectivity index (χ0) is 13.1. The van der Waals surface area contributed by atoms with Crippen molar-refractivity contribution in [2.75, 3.05) is 17.3 Å². The fraction of sp³-hybridized carbons (Fsp3) is 0.533. The lowest BCUT2D eigenvalue weighted by atomic mass is 9.94. The Labute approximate surface area is 123 Å². The van der Waals surface area contributed by atoms with Gasteiger partial charge in [0.1, 0.15) is 0 Å². The molecule has 1 aliphatic carbocycles. The van der Waals surface area contributed by atoms with Gasteiger partial charge in [-0.1, -0.05) is 42.7 Å². The molecule has 3 rings (SSSR count). The van der Waals surface area contributed by atoms with Crippen molar-refractivity contribution in [2.45, 2.75) is 38.1 Å². The van der Waals surface area contributed by atoms with Crippen molar-refractivity contribution in [3.05, 3.63) is 24.3 Å². The number of hydrogen-bond acceptors (Lipinski definition) is 3. The standard InChI is InChI=1S/C15H19ClN2S/c16-10-11-18(12-6-2-1-3-7-12)15-17-13-8-4-5-9-14(13)19-15/h4-5,8-9,12H,1-3,6-7,10-11H2. The van der Waals surface area contributed by atoms with Crippen molar-refractivity contribution >= 4 is 38.3 Å². The Morgan fingerprint density at radius 2 is 2.00 bits per heavy atom. The van der Waals surface area contributed by atoms with Crippen molar-refractivity contribution in [1.82, 2.24) is 4.98 Å². The Bertz CT molecular complexity index is 501. The summed E-state index contributed by atoms with van der Waals surface area (Å²) in [6, 6.07) is 9.01. The minimum Gasteiger partial charge on any atom is -0.344 e. The van der Waals surface area contributed by atoms with Gasteiger partial charge in [0, 0.05) is 18.5 Å². The van der Waals surface area contributed by atoms with Crippen molar-refractivity contribution in [3.8, 4) is 0 Å². The van der Waals surface area contributed by atoms with Crippen molar-refractivity contribution in [3.63, 3.8) is 0 Å². The second-order valence-corrected chi connectivity index (χ2v) is 6.53. The summed E-state index contributed by atoms with van der Waals surface area (Å²) in [6.45, 7) is 0.909. The summed E-state index contributed by atoms with van der Waals surface area (Å²) in [6.07, 6.45) is 6.63. The van der Waals surface area contributed by atoms with E-state index in [-0.39, 0.29) is 0 Å². The van der Waals surface area contributed by atoms with Gasteiger partial charge < -0.3 is 4.90 Å². The lowest BCUT2D eigenvalue weighted by Crippen LogP contribution is -2.38. The molecule has 0 atom stereocenters. The summed E-state index contributed by atoms with van der Waals surface area (Å²) in [5.74, 6) is 0.673. The van der Waals surface area contributed by atoms with Crippen LogP contribution in [0.1, 0.15) is 32.1 Å². The third kappa shape index (κ3) is 2.87. The van der Waals surface area contributed by atoms with Crippen LogP contribution in [0.25, 0.3) is 10.2 Å². The minimum absolute atomic E-state index is 0.632. The number of anilines is 1. The summed E-state index contributed by atoms with van der Waals surface area (Å²) in [7, 11) is 0. The topological polar surface area (TPSA) is 16.1 Å². The second-order valence-electron chi connectivity index (χ2n) is 5.14. The highest BCUT2D eigenvalue weighted by molar-refractivity contribution is 7.22. The van der Waals surface area contributed by atoms with E-state index in [1.54, 1.807) is 11.3 Å². The molecule has 0 spiro atoms. The number of thiazole rings is 1. The van der Waals surface area contributed by atoms with Crippen LogP contribution >= 0.6 is 22.9 Å². The molecule has 0 N–H and O–H groups in total. The van der Waals surface area contributed by atoms with Crippen molar-refractivity contribution in [2.24, 2.45) is 0 Å². The zero-order valence-corrected chi connectivity index (χ0v) is 12.6. The highest BCUT2D eigenvalue weighted by atomic mass is 35.5. The van der Waals surface area contributed by atoms with Gasteiger partial charge in [0.15, 0.2) is 5.13 Å². The van der Waals surface area contributed by atoms with Crippen molar-refractivity contribution in [1.29, 1.82) is 0 Å². The molecule has 1 aromatic heterocycles. The molecule has 0 amide bonds. The third-order valence-electron chi connectivity index (χ3n) is 3.87. The molecule has 0 saturated heterocycles. The Morgan fingerprint density at radius 3 is 2.74 bits per heavy atom. The summed E-state index contributed by atoms with van der Waals surface area (Å²) in [5, 5.41) is 1.15. The molecule has 0 bridgehead atoms. The fourth-order valence-electron chi connectivity index (χ4n) is 2.90. The van der Waals surface area contributed by atoms with Gasteiger partial charge in [-0.15, -0.1) is 11.6 Å². The molecule has 19 heavy (non-hydrogen) atoms. The van der Waals surface area contributed by atoms with Crippen LogP contribution in [0.4, 0.5) is 5.13 Å². The first kappa shape index (κ1) is 13.2. The quantitative estimate of drug-likeness (QED) is 0.762. The number of aromatic nitrogens is 1. The highest BCUT2D eigenvalue weighted by Gasteiger charge is 2.23. The first-order valence-corrected chi connectivity index (χ1v) is 8.42. The summed E-state index contributed by atoms with van der Waals surface area (Å²) in [4.78, 5) is 7.23. The van der Waals surface area contributed by atoms with E-state index in [1.807, 2.05) is 0 Å². The van der Waals surface area contributed by atoms with Gasteiger partial charge >= 0.3 is 0 Å². The molecular weight excluding hydrogens is 276 g/mol. The number of hydrogen-bond donors (Lipinski definition) is 0. The van der Waals surface area contributed by atoms with Gasteiger partial charge in [-0.25, -0.2) is 4.98 Å². The Balaban J connectivity index is 1.89. The molecule has 2 aromatic rings. The summed E-state index contributed by atoms with van der Waals surface area (Å²) in [5.41, 5.74) is 1.11. The zero-order valence-electron chi connectivity index (χ0n) is 11.0. The predicted octanol–water partition coefficient (Wildman–Crippen LogP) is 4.67. The van der Waals surface area contributed by atoms with E-state index in [0.29, 0.717) is 11.9 Å². The van der Waals surface area contributed by atoms with Crippen LogP contribution in [0, 0.1) is 0 Å². The molecule has 0 aliphatic heterocycles. The molecule has 1 fully saturated rings. The molecular formula is C15H19ClN2S. The van der Waals surface area contributed by atoms with Crippen LogP contribution in [0.15, 0.2) is 24.3 Å². The Hall–Kier alpha value is -0.800. The van der Waals surface area contributed by atoms with Gasteiger partial charge in [-0.2, -0.15) is 0 Å². The number of alkyl halides is 1. The Kier molecular flexibility index (Phi) is 4.24. The normalized spacial score (nSPS) is 16.9. The molecule has 1 heterocycles. The first-order valence-electron chi connectivity index (χ1n) is 7.06. The largest absolute Gasteiger partial charge is 0.344 e. The summed E-state index contributed by atoms with van der Waals surface area (Å²) >= 11 is 7.79. The molecule has 102 valence electrons. The fourth-order valence-corrected chi connectivity index (χ4v) is 4.15. The molecule has 1 aliphatic rings. The van der Waals surface area contributed by atoms with E-state index in [0.717, 1.165) is 17.2 Å². The molecule has 0 unspecified atom stereocenters. The van der Waals surface area contributed by atoms with E-state index >= 15 is 0 Å². The number of rotatable bonds is 4. The van der Waals surface area contributed by atoms with Gasteiger partial charge in [-0.05, 0) is 25.0 Å². The SMILES string of the molecule is ClCCN(c1nc2ccccc2s1)C1CCCCC1. The van der Waals surface area contributed by atoms with Gasteiger partial charge in [0.05, 0.1) is 10.2 Å². The third-order valence-corrected chi connectivity index (χ3v) is 5.11. The van der Waals surface area contributed by atoms with Crippen LogP contribution < -0.4 is 4.90 Å². The number of benzene rings is 1. The van der Waals surface area contributed by atoms with Gasteiger partial charge in [0.2, 0.25) is 0 Å². The maximum atomic E-state index is 6.00. The average molecular weight is 295 g/mol. The Morgan fingerprint density at radius 1 is 1.21 bits per heavy atom. The number of nitrogens with zero attached hydrogens (tertiary/aromatic N) is 2. The molecule has 4 heteroatoms. The van der Waals surface area contributed by atoms with Crippen molar-refractivity contribution < 1.29 is 0 Å². The number of para-hydroxylation sites is 1. The van der Waals surface area contributed by atoms with Crippen LogP contribution in [-0.2, 0) is 0 Å². The smallest absolute Gasteiger partial charge is 0.186 e. The molecule has 0 radical (unpaired) electrons. The average Bonchev–Trinajstić information content (AvgIpc) is 2.89. The summed E-state index contributed by atoms with van der Waals surface area (Å²) < 4.78 is 1.27. The van der Waals surface area contributed by atoms with E-state index in [2.05, 4.69) is 29.2 Å². The maximum absolute atomic E-state index is 6.00. The van der Waals surface area contributed by atoms with Crippen LogP contribution in [0.3, 0.4) is 0 Å². The van der Waals surface area contributed by atoms with Crippen LogP contribution in [0.5, 0.6) is 0 Å². The first-order chi connectivity index (χ1) is 9.38. The van der Waals surface area contributed by atoms with Crippen LogP contribution in [-0.4, -0.2) is 23.5 Å². The molecule has 1 aromatic carbocycles. The maximum Gasteiger partial charge on any atom is 0.186 e. The minimum atomic E-state index is 0.632.